The molecule has 0 amide bonds. The van der Waals surface area contributed by atoms with Crippen molar-refractivity contribution in [1.82, 2.24) is 0 Å². The van der Waals surface area contributed by atoms with Crippen LogP contribution in [-0.2, 0) is 5.41 Å². The number of unbranched alkanes of at least 4 members (excludes halogenated alkanes) is 2. The topological polar surface area (TPSA) is 29.5 Å². The Labute approximate surface area is 171 Å². The molecule has 3 heteroatoms. The van der Waals surface area contributed by atoms with Crippen LogP contribution in [-0.4, -0.2) is 9.53 Å². The van der Waals surface area contributed by atoms with E-state index in [9.17, 15) is 5.11 Å². The van der Waals surface area contributed by atoms with Crippen molar-refractivity contribution in [3.05, 3.63) is 47.7 Å². The third-order valence-corrected chi connectivity index (χ3v) is 6.93. The van der Waals surface area contributed by atoms with Crippen LogP contribution in [0.5, 0.6) is 11.5 Å². The first-order valence-electron chi connectivity index (χ1n) is 9.80. The van der Waals surface area contributed by atoms with E-state index in [1.807, 2.05) is 6.07 Å². The molecule has 1 heterocycles. The van der Waals surface area contributed by atoms with E-state index < -0.39 is 0 Å². The molecule has 1 aromatic carbocycles. The summed E-state index contributed by atoms with van der Waals surface area (Å²) < 4.78 is 7.33. The van der Waals surface area contributed by atoms with E-state index in [0.29, 0.717) is 11.7 Å². The van der Waals surface area contributed by atoms with Crippen molar-refractivity contribution < 1.29 is 9.84 Å². The molecule has 1 aliphatic carbocycles. The predicted octanol–water partition coefficient (Wildman–Crippen LogP) is 7.01. The van der Waals surface area contributed by atoms with Crippen LogP contribution in [0.4, 0.5) is 0 Å². The number of hydrogen-bond donors (Lipinski definition) is 1. The monoisotopic (exact) mass is 466 g/mol. The van der Waals surface area contributed by atoms with Crippen molar-refractivity contribution >= 4 is 22.6 Å². The maximum Gasteiger partial charge on any atom is 0.134 e. The molecule has 0 aromatic heterocycles. The highest BCUT2D eigenvalue weighted by Crippen LogP contribution is 2.53. The summed E-state index contributed by atoms with van der Waals surface area (Å²) in [6, 6.07) is 4.12. The molecule has 3 rings (SSSR count). The Morgan fingerprint density at radius 2 is 1.96 bits per heavy atom. The number of halogens is 1. The summed E-state index contributed by atoms with van der Waals surface area (Å²) in [5.41, 5.74) is 3.41. The lowest BCUT2D eigenvalue weighted by Crippen LogP contribution is -2.28. The number of fused-ring (bicyclic) bond motifs is 3. The van der Waals surface area contributed by atoms with Crippen LogP contribution in [0, 0.1) is 5.92 Å². The molecule has 2 atom stereocenters. The molecule has 142 valence electrons. The first-order chi connectivity index (χ1) is 12.3. The van der Waals surface area contributed by atoms with E-state index in [1.165, 1.54) is 29.3 Å². The van der Waals surface area contributed by atoms with Crippen LogP contribution >= 0.6 is 22.6 Å². The van der Waals surface area contributed by atoms with Crippen LogP contribution in [0.3, 0.4) is 0 Å². The van der Waals surface area contributed by atoms with Gasteiger partial charge in [0, 0.05) is 17.4 Å². The first kappa shape index (κ1) is 19.8. The third kappa shape index (κ3) is 3.97. The van der Waals surface area contributed by atoms with E-state index in [2.05, 4.69) is 55.7 Å². The van der Waals surface area contributed by atoms with Gasteiger partial charge in [-0.15, -0.1) is 0 Å². The van der Waals surface area contributed by atoms with Crippen LogP contribution in [0.2, 0.25) is 0 Å². The summed E-state index contributed by atoms with van der Waals surface area (Å²) in [6.07, 6.45) is 7.85. The lowest BCUT2D eigenvalue weighted by atomic mass is 9.70. The van der Waals surface area contributed by atoms with E-state index in [0.717, 1.165) is 48.3 Å². The highest BCUT2D eigenvalue weighted by atomic mass is 127. The van der Waals surface area contributed by atoms with Crippen molar-refractivity contribution in [2.45, 2.75) is 70.1 Å². The summed E-state index contributed by atoms with van der Waals surface area (Å²) in [6.45, 7) is 12.9. The van der Waals surface area contributed by atoms with Crippen molar-refractivity contribution in [3.63, 3.8) is 0 Å². The number of alkyl halides is 1. The number of ether oxygens (including phenoxy) is 1. The number of rotatable bonds is 6. The Bertz CT molecular complexity index is 704. The fraction of sp³-hybridized carbons (Fsp3) is 0.565. The Morgan fingerprint density at radius 3 is 2.69 bits per heavy atom. The maximum absolute atomic E-state index is 10.9. The molecule has 0 saturated heterocycles. The summed E-state index contributed by atoms with van der Waals surface area (Å²) >= 11 is 2.44. The maximum atomic E-state index is 10.9. The molecule has 1 saturated carbocycles. The lowest BCUT2D eigenvalue weighted by molar-refractivity contribution is 0.244. The largest absolute Gasteiger partial charge is 0.508 e. The Morgan fingerprint density at radius 1 is 1.19 bits per heavy atom. The highest BCUT2D eigenvalue weighted by Gasteiger charge is 2.39. The van der Waals surface area contributed by atoms with Crippen LogP contribution in [0.25, 0.3) is 0 Å². The van der Waals surface area contributed by atoms with E-state index >= 15 is 0 Å². The van der Waals surface area contributed by atoms with Gasteiger partial charge in [-0.05, 0) is 59.6 Å². The van der Waals surface area contributed by atoms with Gasteiger partial charge in [0.1, 0.15) is 17.3 Å². The van der Waals surface area contributed by atoms with Crippen LogP contribution in [0.15, 0.2) is 36.6 Å². The van der Waals surface area contributed by atoms with Gasteiger partial charge in [0.15, 0.2) is 0 Å². The lowest BCUT2D eigenvalue weighted by Gasteiger charge is -2.40. The average molecular weight is 466 g/mol. The number of hydrogen-bond acceptors (Lipinski definition) is 2. The zero-order valence-corrected chi connectivity index (χ0v) is 18.3. The SMILES string of the molecule is C=C1CC[C@@H]2C(=C)Oc3cc(C(C)(C)CCCCCI)cc(O)c3[C@H]2C1. The van der Waals surface area contributed by atoms with Crippen molar-refractivity contribution in [2.24, 2.45) is 5.92 Å². The number of aromatic hydroxyl groups is 1. The van der Waals surface area contributed by atoms with Gasteiger partial charge in [-0.1, -0.05) is 68.0 Å². The van der Waals surface area contributed by atoms with E-state index in [1.54, 1.807) is 0 Å². The summed E-state index contributed by atoms with van der Waals surface area (Å²) in [4.78, 5) is 0. The summed E-state index contributed by atoms with van der Waals surface area (Å²) in [7, 11) is 0. The van der Waals surface area contributed by atoms with Gasteiger partial charge in [-0.25, -0.2) is 0 Å². The average Bonchev–Trinajstić information content (AvgIpc) is 2.58. The minimum Gasteiger partial charge on any atom is -0.508 e. The molecule has 0 spiro atoms. The quantitative estimate of drug-likeness (QED) is 0.212. The van der Waals surface area contributed by atoms with Crippen molar-refractivity contribution in [3.8, 4) is 11.5 Å². The summed E-state index contributed by atoms with van der Waals surface area (Å²) in [5, 5.41) is 10.9. The standard InChI is InChI=1S/C23H31IO2/c1-15-8-9-18-16(2)26-21-14-17(13-20(25)22(21)19(18)12-15)23(3,4)10-6-5-7-11-24/h13-14,18-19,25H,1-2,5-12H2,3-4H3/t18-,19+/m1/s1. The molecule has 0 radical (unpaired) electrons. The predicted molar refractivity (Wildman–Crippen MR) is 117 cm³/mol. The fourth-order valence-corrected chi connectivity index (χ4v) is 5.00. The van der Waals surface area contributed by atoms with Crippen LogP contribution < -0.4 is 4.74 Å². The second-order valence-electron chi connectivity index (χ2n) is 8.56. The van der Waals surface area contributed by atoms with Gasteiger partial charge in [-0.2, -0.15) is 0 Å². The minimum absolute atomic E-state index is 0.0233. The molecule has 1 fully saturated rings. The summed E-state index contributed by atoms with van der Waals surface area (Å²) in [5.74, 6) is 2.60. The number of phenolic OH excluding ortho intramolecular Hbond substituents is 1. The highest BCUT2D eigenvalue weighted by molar-refractivity contribution is 14.1. The molecule has 1 aromatic rings. The molecule has 0 unspecified atom stereocenters. The molecular weight excluding hydrogens is 435 g/mol. The zero-order valence-electron chi connectivity index (χ0n) is 16.1. The van der Waals surface area contributed by atoms with Gasteiger partial charge in [-0.3, -0.25) is 0 Å². The smallest absolute Gasteiger partial charge is 0.134 e. The second kappa shape index (κ2) is 7.95. The van der Waals surface area contributed by atoms with Crippen LogP contribution in [0.1, 0.15) is 75.8 Å². The Hall–Kier alpha value is -0.970. The number of phenols is 1. The molecular formula is C23H31IO2. The van der Waals surface area contributed by atoms with Gasteiger partial charge < -0.3 is 9.84 Å². The van der Waals surface area contributed by atoms with E-state index in [-0.39, 0.29) is 11.3 Å². The minimum atomic E-state index is 0.0233. The Balaban J connectivity index is 1.89. The van der Waals surface area contributed by atoms with Gasteiger partial charge in [0.25, 0.3) is 0 Å². The normalized spacial score (nSPS) is 22.6. The number of benzene rings is 1. The first-order valence-corrected chi connectivity index (χ1v) is 11.3. The van der Waals surface area contributed by atoms with Crippen molar-refractivity contribution in [1.29, 1.82) is 0 Å². The number of allylic oxidation sites excluding steroid dienone is 2. The fourth-order valence-electron chi connectivity index (χ4n) is 4.46. The molecule has 2 aliphatic rings. The van der Waals surface area contributed by atoms with Gasteiger partial charge >= 0.3 is 0 Å². The molecule has 2 nitrogen and oxygen atoms in total. The second-order valence-corrected chi connectivity index (χ2v) is 9.64. The molecule has 26 heavy (non-hydrogen) atoms. The Kier molecular flexibility index (Phi) is 6.05. The van der Waals surface area contributed by atoms with E-state index in [4.69, 9.17) is 4.74 Å². The third-order valence-electron chi connectivity index (χ3n) is 6.17. The molecule has 1 N–H and O–H groups in total. The molecule has 0 bridgehead atoms. The zero-order chi connectivity index (χ0) is 18.9. The van der Waals surface area contributed by atoms with Gasteiger partial charge in [0.05, 0.1) is 0 Å². The van der Waals surface area contributed by atoms with Gasteiger partial charge in [0.2, 0.25) is 0 Å². The molecule has 1 aliphatic heterocycles. The van der Waals surface area contributed by atoms with Crippen molar-refractivity contribution in [2.75, 3.05) is 4.43 Å².